The third kappa shape index (κ3) is 1.39. The molecule has 1 aromatic heterocycles. The molecular formula is C13H17NS. The van der Waals surface area contributed by atoms with Gasteiger partial charge in [-0.05, 0) is 36.7 Å². The molecule has 0 atom stereocenters. The van der Waals surface area contributed by atoms with Crippen LogP contribution in [0.3, 0.4) is 0 Å². The van der Waals surface area contributed by atoms with Gasteiger partial charge in [0.15, 0.2) is 0 Å². The van der Waals surface area contributed by atoms with Crippen LogP contribution >= 0.6 is 10.0 Å². The number of fused-ring (bicyclic) bond motifs is 1. The molecule has 0 bridgehead atoms. The zero-order valence-corrected chi connectivity index (χ0v) is 9.94. The minimum atomic E-state index is -0.497. The monoisotopic (exact) mass is 219 g/mol. The van der Waals surface area contributed by atoms with Crippen molar-refractivity contribution in [1.29, 1.82) is 0 Å². The average molecular weight is 219 g/mol. The van der Waals surface area contributed by atoms with Crippen LogP contribution in [0.15, 0.2) is 35.4 Å². The molecule has 0 unspecified atom stereocenters. The SMILES string of the molecule is CS1(c2c[nH]c3ccccc23)CCCC1. The Hall–Kier alpha value is -0.890. The number of nitrogens with one attached hydrogen (secondary N) is 1. The Morgan fingerprint density at radius 1 is 1.13 bits per heavy atom. The minimum Gasteiger partial charge on any atom is -0.360 e. The molecule has 0 spiro atoms. The molecule has 0 saturated carbocycles. The summed E-state index contributed by atoms with van der Waals surface area (Å²) in [6, 6.07) is 8.70. The van der Waals surface area contributed by atoms with Crippen molar-refractivity contribution in [2.75, 3.05) is 17.8 Å². The zero-order valence-electron chi connectivity index (χ0n) is 9.12. The van der Waals surface area contributed by atoms with Crippen molar-refractivity contribution < 1.29 is 0 Å². The molecule has 0 amide bonds. The summed E-state index contributed by atoms with van der Waals surface area (Å²) in [4.78, 5) is 5.02. The lowest BCUT2D eigenvalue weighted by molar-refractivity contribution is 0.949. The summed E-state index contributed by atoms with van der Waals surface area (Å²) in [7, 11) is -0.497. The molecule has 0 aliphatic carbocycles. The second-order valence-corrected chi connectivity index (χ2v) is 8.39. The van der Waals surface area contributed by atoms with Crippen LogP contribution in [0, 0.1) is 0 Å². The first kappa shape index (κ1) is 9.34. The summed E-state index contributed by atoms with van der Waals surface area (Å²) in [6.45, 7) is 0. The maximum atomic E-state index is 3.41. The fourth-order valence-corrected chi connectivity index (χ4v) is 5.99. The summed E-state index contributed by atoms with van der Waals surface area (Å²) in [6.07, 6.45) is 7.59. The molecule has 1 saturated heterocycles. The van der Waals surface area contributed by atoms with E-state index in [1.807, 2.05) is 0 Å². The average Bonchev–Trinajstić information content (AvgIpc) is 2.84. The number of hydrogen-bond acceptors (Lipinski definition) is 0. The van der Waals surface area contributed by atoms with Gasteiger partial charge < -0.3 is 4.98 Å². The van der Waals surface area contributed by atoms with Crippen LogP contribution in [0.1, 0.15) is 12.8 Å². The summed E-state index contributed by atoms with van der Waals surface area (Å²) >= 11 is 0. The molecule has 1 aliphatic rings. The summed E-state index contributed by atoms with van der Waals surface area (Å²) in [5.41, 5.74) is 1.30. The van der Waals surface area contributed by atoms with E-state index in [-0.39, 0.29) is 0 Å². The molecule has 15 heavy (non-hydrogen) atoms. The van der Waals surface area contributed by atoms with Gasteiger partial charge in [0.1, 0.15) is 0 Å². The Morgan fingerprint density at radius 2 is 1.87 bits per heavy atom. The summed E-state index contributed by atoms with van der Waals surface area (Å²) < 4.78 is 0. The van der Waals surface area contributed by atoms with E-state index in [4.69, 9.17) is 0 Å². The normalized spacial score (nSPS) is 21.9. The Bertz CT molecular complexity index is 480. The van der Waals surface area contributed by atoms with Crippen LogP contribution in [0.2, 0.25) is 0 Å². The number of aromatic amines is 1. The van der Waals surface area contributed by atoms with Gasteiger partial charge in [0.2, 0.25) is 0 Å². The number of aromatic nitrogens is 1. The van der Waals surface area contributed by atoms with Gasteiger partial charge in [-0.25, -0.2) is 10.0 Å². The Kier molecular flexibility index (Phi) is 2.06. The second kappa shape index (κ2) is 3.31. The highest BCUT2D eigenvalue weighted by Crippen LogP contribution is 2.59. The van der Waals surface area contributed by atoms with E-state index >= 15 is 0 Å². The lowest BCUT2D eigenvalue weighted by atomic mass is 10.2. The van der Waals surface area contributed by atoms with E-state index < -0.39 is 10.0 Å². The van der Waals surface area contributed by atoms with E-state index in [1.165, 1.54) is 35.3 Å². The molecule has 80 valence electrons. The van der Waals surface area contributed by atoms with Gasteiger partial charge >= 0.3 is 0 Å². The molecule has 1 nitrogen and oxygen atoms in total. The maximum Gasteiger partial charge on any atom is 0.0465 e. The van der Waals surface area contributed by atoms with Crippen molar-refractivity contribution in [3.8, 4) is 0 Å². The van der Waals surface area contributed by atoms with Gasteiger partial charge in [0.25, 0.3) is 0 Å². The molecule has 2 heteroatoms. The van der Waals surface area contributed by atoms with Crippen LogP contribution in [0.25, 0.3) is 10.9 Å². The first-order valence-electron chi connectivity index (χ1n) is 5.59. The molecule has 2 aromatic rings. The molecule has 1 N–H and O–H groups in total. The largest absolute Gasteiger partial charge is 0.360 e. The Balaban J connectivity index is 2.18. The van der Waals surface area contributed by atoms with Crippen LogP contribution in [0.4, 0.5) is 0 Å². The van der Waals surface area contributed by atoms with Crippen LogP contribution in [-0.2, 0) is 0 Å². The summed E-state index contributed by atoms with van der Waals surface area (Å²) in [5.74, 6) is 2.85. The smallest absolute Gasteiger partial charge is 0.0465 e. The van der Waals surface area contributed by atoms with Gasteiger partial charge in [0, 0.05) is 22.0 Å². The van der Waals surface area contributed by atoms with Crippen molar-refractivity contribution in [2.45, 2.75) is 17.7 Å². The highest BCUT2D eigenvalue weighted by molar-refractivity contribution is 8.33. The number of hydrogen-bond donors (Lipinski definition) is 1. The van der Waals surface area contributed by atoms with Crippen molar-refractivity contribution in [2.24, 2.45) is 0 Å². The molecule has 3 rings (SSSR count). The molecule has 1 fully saturated rings. The van der Waals surface area contributed by atoms with E-state index in [0.717, 1.165) is 0 Å². The highest BCUT2D eigenvalue weighted by Gasteiger charge is 2.27. The van der Waals surface area contributed by atoms with Crippen molar-refractivity contribution >= 4 is 20.9 Å². The predicted molar refractivity (Wildman–Crippen MR) is 69.0 cm³/mol. The zero-order chi connectivity index (χ0) is 10.3. The van der Waals surface area contributed by atoms with E-state index in [0.29, 0.717) is 0 Å². The van der Waals surface area contributed by atoms with Gasteiger partial charge in [0.05, 0.1) is 0 Å². The first-order valence-corrected chi connectivity index (χ1v) is 7.97. The molecule has 2 heterocycles. The minimum absolute atomic E-state index is 0.497. The lowest BCUT2D eigenvalue weighted by Crippen LogP contribution is -1.98. The number of para-hydroxylation sites is 1. The Labute approximate surface area is 92.2 Å². The van der Waals surface area contributed by atoms with E-state index in [1.54, 1.807) is 4.90 Å². The van der Waals surface area contributed by atoms with Gasteiger partial charge in [-0.2, -0.15) is 0 Å². The lowest BCUT2D eigenvalue weighted by Gasteiger charge is -2.30. The quantitative estimate of drug-likeness (QED) is 0.751. The first-order chi connectivity index (χ1) is 7.30. The molecule has 1 aromatic carbocycles. The number of rotatable bonds is 1. The highest BCUT2D eigenvalue weighted by atomic mass is 32.3. The van der Waals surface area contributed by atoms with Crippen LogP contribution in [-0.4, -0.2) is 22.7 Å². The fourth-order valence-electron chi connectivity index (χ4n) is 2.62. The number of benzene rings is 1. The van der Waals surface area contributed by atoms with Gasteiger partial charge in [-0.3, -0.25) is 0 Å². The standard InChI is InChI=1S/C13H17NS/c1-15(8-4-5-9-15)13-10-14-12-7-3-2-6-11(12)13/h2-3,6-7,10,14H,4-5,8-9H2,1H3. The van der Waals surface area contributed by atoms with E-state index in [9.17, 15) is 0 Å². The van der Waals surface area contributed by atoms with E-state index in [2.05, 4.69) is 41.7 Å². The Morgan fingerprint density at radius 3 is 2.67 bits per heavy atom. The van der Waals surface area contributed by atoms with Crippen molar-refractivity contribution in [3.05, 3.63) is 30.5 Å². The maximum absolute atomic E-state index is 3.41. The third-order valence-corrected chi connectivity index (χ3v) is 7.30. The molecule has 1 aliphatic heterocycles. The summed E-state index contributed by atoms with van der Waals surface area (Å²) in [5, 5.41) is 1.46. The van der Waals surface area contributed by atoms with Crippen molar-refractivity contribution in [1.82, 2.24) is 4.98 Å². The fraction of sp³-hybridized carbons (Fsp3) is 0.385. The molecular weight excluding hydrogens is 202 g/mol. The topological polar surface area (TPSA) is 15.8 Å². The van der Waals surface area contributed by atoms with Crippen molar-refractivity contribution in [3.63, 3.8) is 0 Å². The van der Waals surface area contributed by atoms with Gasteiger partial charge in [-0.15, -0.1) is 0 Å². The third-order valence-electron chi connectivity index (χ3n) is 3.52. The second-order valence-electron chi connectivity index (χ2n) is 4.59. The van der Waals surface area contributed by atoms with Gasteiger partial charge in [-0.1, -0.05) is 18.2 Å². The van der Waals surface area contributed by atoms with Crippen LogP contribution in [0.5, 0.6) is 0 Å². The number of H-pyrrole nitrogens is 1. The predicted octanol–water partition coefficient (Wildman–Crippen LogP) is 3.76. The van der Waals surface area contributed by atoms with Crippen LogP contribution < -0.4 is 0 Å². The molecule has 0 radical (unpaired) electrons.